The molecule has 2 nitrogen and oxygen atoms in total. The lowest BCUT2D eigenvalue weighted by molar-refractivity contribution is 0.347. The third kappa shape index (κ3) is 2.59. The molecule has 0 aromatic heterocycles. The van der Waals surface area contributed by atoms with Crippen LogP contribution in [0, 0.1) is 11.8 Å². The van der Waals surface area contributed by atoms with Crippen molar-refractivity contribution in [2.75, 3.05) is 32.7 Å². The van der Waals surface area contributed by atoms with Gasteiger partial charge in [-0.1, -0.05) is 42.5 Å². The first-order valence-corrected chi connectivity index (χ1v) is 6.56. The van der Waals surface area contributed by atoms with E-state index in [1.54, 1.807) is 0 Å². The van der Waals surface area contributed by atoms with Crippen molar-refractivity contribution in [3.05, 3.63) is 42.0 Å². The third-order valence-electron chi connectivity index (χ3n) is 3.94. The van der Waals surface area contributed by atoms with E-state index in [2.05, 4.69) is 52.7 Å². The average Bonchev–Trinajstić information content (AvgIpc) is 2.91. The molecule has 0 amide bonds. The van der Waals surface area contributed by atoms with E-state index < -0.39 is 0 Å². The molecule has 2 heteroatoms. The number of nitrogens with zero attached hydrogens (tertiary/aromatic N) is 1. The number of hydrogen-bond donors (Lipinski definition) is 1. The minimum absolute atomic E-state index is 0.903. The number of likely N-dealkylation sites (tertiary alicyclic amines) is 1. The van der Waals surface area contributed by atoms with Gasteiger partial charge >= 0.3 is 0 Å². The Morgan fingerprint density at radius 1 is 1.12 bits per heavy atom. The highest BCUT2D eigenvalue weighted by atomic mass is 15.2. The molecule has 1 aromatic rings. The van der Waals surface area contributed by atoms with Gasteiger partial charge in [0.25, 0.3) is 0 Å². The maximum Gasteiger partial charge on any atom is 0.0166 e. The first-order chi connectivity index (χ1) is 8.42. The fourth-order valence-electron chi connectivity index (χ4n) is 3.00. The Kier molecular flexibility index (Phi) is 3.25. The Morgan fingerprint density at radius 2 is 1.82 bits per heavy atom. The van der Waals surface area contributed by atoms with Crippen LogP contribution in [0.15, 0.2) is 36.4 Å². The molecule has 0 saturated carbocycles. The molecule has 0 radical (unpaired) electrons. The van der Waals surface area contributed by atoms with Crippen LogP contribution in [-0.4, -0.2) is 37.6 Å². The maximum atomic E-state index is 3.48. The number of fused-ring (bicyclic) bond motifs is 1. The zero-order valence-electron chi connectivity index (χ0n) is 10.2. The Morgan fingerprint density at radius 3 is 2.53 bits per heavy atom. The molecule has 2 saturated heterocycles. The van der Waals surface area contributed by atoms with Gasteiger partial charge in [-0.2, -0.15) is 0 Å². The van der Waals surface area contributed by atoms with E-state index in [0.29, 0.717) is 0 Å². The summed E-state index contributed by atoms with van der Waals surface area (Å²) in [5.74, 6) is 1.81. The van der Waals surface area contributed by atoms with Crippen molar-refractivity contribution in [1.29, 1.82) is 0 Å². The van der Waals surface area contributed by atoms with Crippen LogP contribution in [0.5, 0.6) is 0 Å². The van der Waals surface area contributed by atoms with Crippen molar-refractivity contribution in [2.45, 2.75) is 0 Å². The molecular formula is C15H20N2. The average molecular weight is 228 g/mol. The van der Waals surface area contributed by atoms with Crippen molar-refractivity contribution in [3.8, 4) is 0 Å². The highest BCUT2D eigenvalue weighted by Crippen LogP contribution is 2.25. The maximum absolute atomic E-state index is 3.48. The summed E-state index contributed by atoms with van der Waals surface area (Å²) in [7, 11) is 0. The molecule has 3 rings (SSSR count). The lowest BCUT2D eigenvalue weighted by atomic mass is 10.0. The van der Waals surface area contributed by atoms with Crippen molar-refractivity contribution in [1.82, 2.24) is 10.2 Å². The van der Waals surface area contributed by atoms with E-state index in [4.69, 9.17) is 0 Å². The lowest BCUT2D eigenvalue weighted by Crippen LogP contribution is -2.25. The molecule has 0 aliphatic carbocycles. The van der Waals surface area contributed by atoms with Crippen LogP contribution >= 0.6 is 0 Å². The van der Waals surface area contributed by atoms with Gasteiger partial charge in [-0.05, 0) is 30.5 Å². The fourth-order valence-corrected chi connectivity index (χ4v) is 3.00. The predicted octanol–water partition coefficient (Wildman–Crippen LogP) is 1.85. The molecule has 2 heterocycles. The van der Waals surface area contributed by atoms with E-state index in [1.807, 2.05) is 0 Å². The third-order valence-corrected chi connectivity index (χ3v) is 3.94. The summed E-state index contributed by atoms with van der Waals surface area (Å²) in [6, 6.07) is 10.5. The van der Waals surface area contributed by atoms with E-state index in [1.165, 1.54) is 31.7 Å². The monoisotopic (exact) mass is 228 g/mol. The van der Waals surface area contributed by atoms with E-state index in [-0.39, 0.29) is 0 Å². The molecule has 2 aliphatic rings. The van der Waals surface area contributed by atoms with Gasteiger partial charge in [0.15, 0.2) is 0 Å². The smallest absolute Gasteiger partial charge is 0.0166 e. The van der Waals surface area contributed by atoms with Gasteiger partial charge in [0.05, 0.1) is 0 Å². The second-order valence-corrected chi connectivity index (χ2v) is 5.21. The molecular weight excluding hydrogens is 208 g/mol. The number of nitrogens with one attached hydrogen (secondary N) is 1. The van der Waals surface area contributed by atoms with Gasteiger partial charge in [0.1, 0.15) is 0 Å². The van der Waals surface area contributed by atoms with Crippen molar-refractivity contribution in [2.24, 2.45) is 11.8 Å². The summed E-state index contributed by atoms with van der Waals surface area (Å²) < 4.78 is 0. The molecule has 2 aliphatic heterocycles. The molecule has 90 valence electrons. The van der Waals surface area contributed by atoms with E-state index in [0.717, 1.165) is 18.4 Å². The Balaban J connectivity index is 1.51. The summed E-state index contributed by atoms with van der Waals surface area (Å²) in [6.45, 7) is 6.10. The normalized spacial score (nSPS) is 28.9. The number of rotatable bonds is 3. The predicted molar refractivity (Wildman–Crippen MR) is 71.8 cm³/mol. The van der Waals surface area contributed by atoms with E-state index in [9.17, 15) is 0 Å². The topological polar surface area (TPSA) is 15.3 Å². The summed E-state index contributed by atoms with van der Waals surface area (Å²) >= 11 is 0. The van der Waals surface area contributed by atoms with Crippen LogP contribution in [0.4, 0.5) is 0 Å². The van der Waals surface area contributed by atoms with Crippen molar-refractivity contribution < 1.29 is 0 Å². The molecule has 2 unspecified atom stereocenters. The SMILES string of the molecule is C(=Cc1ccccc1)CN1CC2CNCC2C1. The Bertz CT molecular complexity index is 373. The van der Waals surface area contributed by atoms with E-state index >= 15 is 0 Å². The lowest BCUT2D eigenvalue weighted by Gasteiger charge is -2.13. The minimum atomic E-state index is 0.903. The molecule has 0 bridgehead atoms. The quantitative estimate of drug-likeness (QED) is 0.849. The van der Waals surface area contributed by atoms with Gasteiger partial charge in [0.2, 0.25) is 0 Å². The molecule has 1 N–H and O–H groups in total. The summed E-state index contributed by atoms with van der Waals surface area (Å²) in [5.41, 5.74) is 1.30. The standard InChI is InChI=1S/C15H20N2/c1-2-5-13(6-3-1)7-4-8-17-11-14-9-16-10-15(14)12-17/h1-7,14-16H,8-12H2. The Hall–Kier alpha value is -1.12. The second kappa shape index (κ2) is 5.03. The van der Waals surface area contributed by atoms with Gasteiger partial charge in [-0.3, -0.25) is 4.90 Å². The molecule has 2 fully saturated rings. The van der Waals surface area contributed by atoms with Crippen LogP contribution in [0.2, 0.25) is 0 Å². The summed E-state index contributed by atoms with van der Waals surface area (Å²) in [4.78, 5) is 2.58. The molecule has 2 atom stereocenters. The van der Waals surface area contributed by atoms with Crippen LogP contribution in [-0.2, 0) is 0 Å². The zero-order valence-corrected chi connectivity index (χ0v) is 10.2. The molecule has 1 aromatic carbocycles. The molecule has 17 heavy (non-hydrogen) atoms. The number of hydrogen-bond acceptors (Lipinski definition) is 2. The Labute approximate surface area is 103 Å². The van der Waals surface area contributed by atoms with Crippen LogP contribution in [0.25, 0.3) is 6.08 Å². The van der Waals surface area contributed by atoms with Crippen LogP contribution in [0.1, 0.15) is 5.56 Å². The van der Waals surface area contributed by atoms with Gasteiger partial charge in [-0.15, -0.1) is 0 Å². The number of benzene rings is 1. The zero-order chi connectivity index (χ0) is 11.5. The largest absolute Gasteiger partial charge is 0.316 e. The van der Waals surface area contributed by atoms with Crippen LogP contribution < -0.4 is 5.32 Å². The first kappa shape index (κ1) is 11.0. The first-order valence-electron chi connectivity index (χ1n) is 6.56. The summed E-state index contributed by atoms with van der Waals surface area (Å²) in [5, 5.41) is 3.48. The van der Waals surface area contributed by atoms with Gasteiger partial charge in [0, 0.05) is 19.6 Å². The van der Waals surface area contributed by atoms with Crippen molar-refractivity contribution in [3.63, 3.8) is 0 Å². The second-order valence-electron chi connectivity index (χ2n) is 5.21. The van der Waals surface area contributed by atoms with Crippen LogP contribution in [0.3, 0.4) is 0 Å². The highest BCUT2D eigenvalue weighted by molar-refractivity contribution is 5.48. The van der Waals surface area contributed by atoms with Gasteiger partial charge in [-0.25, -0.2) is 0 Å². The summed E-state index contributed by atoms with van der Waals surface area (Å²) in [6.07, 6.45) is 4.52. The fraction of sp³-hybridized carbons (Fsp3) is 0.467. The van der Waals surface area contributed by atoms with Gasteiger partial charge < -0.3 is 5.32 Å². The molecule has 0 spiro atoms. The highest BCUT2D eigenvalue weighted by Gasteiger charge is 2.35. The minimum Gasteiger partial charge on any atom is -0.316 e. The van der Waals surface area contributed by atoms with Crippen molar-refractivity contribution >= 4 is 6.08 Å².